The van der Waals surface area contributed by atoms with E-state index in [9.17, 15) is 4.79 Å². The third kappa shape index (κ3) is 2.82. The van der Waals surface area contributed by atoms with E-state index < -0.39 is 6.04 Å². The van der Waals surface area contributed by atoms with Gasteiger partial charge in [-0.1, -0.05) is 32.4 Å². The van der Waals surface area contributed by atoms with Crippen molar-refractivity contribution in [1.29, 1.82) is 0 Å². The van der Waals surface area contributed by atoms with Gasteiger partial charge in [-0.2, -0.15) is 0 Å². The number of imidazole rings is 1. The minimum atomic E-state index is -0.463. The second-order valence-corrected chi connectivity index (χ2v) is 5.20. The summed E-state index contributed by atoms with van der Waals surface area (Å²) in [6.07, 6.45) is 0.890. The molecule has 1 aromatic heterocycles. The Kier molecular flexibility index (Phi) is 4.39. The van der Waals surface area contributed by atoms with Crippen molar-refractivity contribution in [2.45, 2.75) is 32.9 Å². The van der Waals surface area contributed by atoms with Crippen LogP contribution in [0.5, 0.6) is 0 Å². The van der Waals surface area contributed by atoms with Crippen LogP contribution in [0.2, 0.25) is 0 Å². The summed E-state index contributed by atoms with van der Waals surface area (Å²) >= 11 is 0. The molecule has 2 aromatic rings. The quantitative estimate of drug-likeness (QED) is 0.869. The fourth-order valence-electron chi connectivity index (χ4n) is 2.15. The van der Waals surface area contributed by atoms with Gasteiger partial charge in [0.15, 0.2) is 0 Å². The Bertz CT molecular complexity index is 605. The normalized spacial score (nSPS) is 14.2. The standard InChI is InChI=1S/C15H22N4O/c1-4-10(2)14(16)15(20)17-9-13-18-11-7-5-6-8-12(11)19(13)3/h5-8,10,14H,4,9,16H2,1-3H3,(H,17,20). The van der Waals surface area contributed by atoms with Crippen LogP contribution < -0.4 is 11.1 Å². The van der Waals surface area contributed by atoms with Crippen LogP contribution >= 0.6 is 0 Å². The van der Waals surface area contributed by atoms with E-state index in [4.69, 9.17) is 5.73 Å². The highest BCUT2D eigenvalue weighted by Gasteiger charge is 2.19. The largest absolute Gasteiger partial charge is 0.348 e. The van der Waals surface area contributed by atoms with Crippen molar-refractivity contribution in [2.75, 3.05) is 0 Å². The van der Waals surface area contributed by atoms with E-state index in [0.29, 0.717) is 6.54 Å². The van der Waals surface area contributed by atoms with Gasteiger partial charge in [-0.05, 0) is 18.1 Å². The zero-order chi connectivity index (χ0) is 14.7. The summed E-state index contributed by atoms with van der Waals surface area (Å²) in [7, 11) is 1.95. The second-order valence-electron chi connectivity index (χ2n) is 5.20. The van der Waals surface area contributed by atoms with Crippen LogP contribution in [-0.4, -0.2) is 21.5 Å². The maximum Gasteiger partial charge on any atom is 0.237 e. The van der Waals surface area contributed by atoms with E-state index in [1.807, 2.05) is 49.7 Å². The number of nitrogens with zero attached hydrogens (tertiary/aromatic N) is 2. The summed E-state index contributed by atoms with van der Waals surface area (Å²) in [6.45, 7) is 4.41. The molecule has 0 aliphatic heterocycles. The van der Waals surface area contributed by atoms with Crippen LogP contribution in [-0.2, 0) is 18.4 Å². The molecule has 0 aliphatic carbocycles. The molecule has 20 heavy (non-hydrogen) atoms. The number of aromatic nitrogens is 2. The highest BCUT2D eigenvalue weighted by atomic mass is 16.2. The fraction of sp³-hybridized carbons (Fsp3) is 0.467. The first-order chi connectivity index (χ1) is 9.54. The Morgan fingerprint density at radius 3 is 2.80 bits per heavy atom. The lowest BCUT2D eigenvalue weighted by Gasteiger charge is -2.17. The number of benzene rings is 1. The topological polar surface area (TPSA) is 72.9 Å². The smallest absolute Gasteiger partial charge is 0.237 e. The summed E-state index contributed by atoms with van der Waals surface area (Å²) in [5.41, 5.74) is 7.90. The molecular weight excluding hydrogens is 252 g/mol. The van der Waals surface area contributed by atoms with E-state index in [-0.39, 0.29) is 11.8 Å². The van der Waals surface area contributed by atoms with Gasteiger partial charge in [-0.3, -0.25) is 4.79 Å². The molecular formula is C15H22N4O. The molecule has 1 aromatic carbocycles. The zero-order valence-electron chi connectivity index (χ0n) is 12.3. The maximum absolute atomic E-state index is 12.0. The molecule has 2 unspecified atom stereocenters. The van der Waals surface area contributed by atoms with Crippen molar-refractivity contribution in [2.24, 2.45) is 18.7 Å². The number of aryl methyl sites for hydroxylation is 1. The van der Waals surface area contributed by atoms with Gasteiger partial charge in [0.1, 0.15) is 5.82 Å². The molecule has 0 saturated heterocycles. The Morgan fingerprint density at radius 2 is 2.15 bits per heavy atom. The molecule has 3 N–H and O–H groups in total. The monoisotopic (exact) mass is 274 g/mol. The van der Waals surface area contributed by atoms with Crippen molar-refractivity contribution < 1.29 is 4.79 Å². The SMILES string of the molecule is CCC(C)C(N)C(=O)NCc1nc2ccccc2n1C. The van der Waals surface area contributed by atoms with E-state index in [2.05, 4.69) is 10.3 Å². The Hall–Kier alpha value is -1.88. The molecule has 5 nitrogen and oxygen atoms in total. The highest BCUT2D eigenvalue weighted by molar-refractivity contribution is 5.82. The van der Waals surface area contributed by atoms with Crippen LogP contribution in [0.4, 0.5) is 0 Å². The van der Waals surface area contributed by atoms with Crippen LogP contribution in [0, 0.1) is 5.92 Å². The van der Waals surface area contributed by atoms with Crippen molar-refractivity contribution >= 4 is 16.9 Å². The van der Waals surface area contributed by atoms with Gasteiger partial charge in [0, 0.05) is 7.05 Å². The van der Waals surface area contributed by atoms with Crippen LogP contribution in [0.25, 0.3) is 11.0 Å². The summed E-state index contributed by atoms with van der Waals surface area (Å²) in [4.78, 5) is 16.5. The first kappa shape index (κ1) is 14.5. The molecule has 108 valence electrons. The number of carbonyl (C=O) groups is 1. The number of amides is 1. The number of rotatable bonds is 5. The van der Waals surface area contributed by atoms with Crippen molar-refractivity contribution in [3.8, 4) is 0 Å². The number of nitrogens with one attached hydrogen (secondary N) is 1. The number of para-hydroxylation sites is 2. The predicted octanol–water partition coefficient (Wildman–Crippen LogP) is 1.56. The maximum atomic E-state index is 12.0. The fourth-order valence-corrected chi connectivity index (χ4v) is 2.15. The van der Waals surface area contributed by atoms with Crippen LogP contribution in [0.1, 0.15) is 26.1 Å². The van der Waals surface area contributed by atoms with Gasteiger partial charge >= 0.3 is 0 Å². The number of hydrogen-bond acceptors (Lipinski definition) is 3. The molecule has 0 fully saturated rings. The highest BCUT2D eigenvalue weighted by Crippen LogP contribution is 2.14. The Balaban J connectivity index is 2.06. The van der Waals surface area contributed by atoms with Gasteiger partial charge in [0.25, 0.3) is 0 Å². The first-order valence-electron chi connectivity index (χ1n) is 6.98. The summed E-state index contributed by atoms with van der Waals surface area (Å²) in [6, 6.07) is 7.45. The molecule has 0 spiro atoms. The lowest BCUT2D eigenvalue weighted by atomic mass is 9.99. The molecule has 0 aliphatic rings. The minimum absolute atomic E-state index is 0.119. The molecule has 0 radical (unpaired) electrons. The van der Waals surface area contributed by atoms with Gasteiger partial charge in [-0.25, -0.2) is 4.98 Å². The summed E-state index contributed by atoms with van der Waals surface area (Å²) in [5, 5.41) is 2.87. The molecule has 1 heterocycles. The molecule has 2 atom stereocenters. The number of fused-ring (bicyclic) bond motifs is 1. The second kappa shape index (κ2) is 6.05. The third-order valence-corrected chi connectivity index (χ3v) is 3.86. The van der Waals surface area contributed by atoms with E-state index >= 15 is 0 Å². The van der Waals surface area contributed by atoms with Crippen molar-refractivity contribution in [3.63, 3.8) is 0 Å². The third-order valence-electron chi connectivity index (χ3n) is 3.86. The molecule has 2 rings (SSSR count). The van der Waals surface area contributed by atoms with Crippen molar-refractivity contribution in [3.05, 3.63) is 30.1 Å². The first-order valence-corrected chi connectivity index (χ1v) is 6.98. The predicted molar refractivity (Wildman–Crippen MR) is 80.0 cm³/mol. The van der Waals surface area contributed by atoms with Gasteiger partial charge in [-0.15, -0.1) is 0 Å². The van der Waals surface area contributed by atoms with Gasteiger partial charge < -0.3 is 15.6 Å². The van der Waals surface area contributed by atoms with E-state index in [1.54, 1.807) is 0 Å². The minimum Gasteiger partial charge on any atom is -0.348 e. The molecule has 0 bridgehead atoms. The van der Waals surface area contributed by atoms with Crippen LogP contribution in [0.3, 0.4) is 0 Å². The van der Waals surface area contributed by atoms with Gasteiger partial charge in [0.05, 0.1) is 23.6 Å². The molecule has 0 saturated carbocycles. The molecule has 1 amide bonds. The van der Waals surface area contributed by atoms with Crippen LogP contribution in [0.15, 0.2) is 24.3 Å². The number of nitrogens with two attached hydrogens (primary N) is 1. The average Bonchev–Trinajstić information content (AvgIpc) is 2.80. The Morgan fingerprint density at radius 1 is 1.45 bits per heavy atom. The summed E-state index contributed by atoms with van der Waals surface area (Å²) in [5.74, 6) is 0.887. The summed E-state index contributed by atoms with van der Waals surface area (Å²) < 4.78 is 1.99. The number of hydrogen-bond donors (Lipinski definition) is 2. The number of carbonyl (C=O) groups excluding carboxylic acids is 1. The van der Waals surface area contributed by atoms with Gasteiger partial charge in [0.2, 0.25) is 5.91 Å². The zero-order valence-corrected chi connectivity index (χ0v) is 12.3. The lowest BCUT2D eigenvalue weighted by Crippen LogP contribution is -2.44. The van der Waals surface area contributed by atoms with Crippen molar-refractivity contribution in [1.82, 2.24) is 14.9 Å². The van der Waals surface area contributed by atoms with E-state index in [0.717, 1.165) is 23.3 Å². The van der Waals surface area contributed by atoms with E-state index in [1.165, 1.54) is 0 Å². The molecule has 5 heteroatoms. The average molecular weight is 274 g/mol. The Labute approximate surface area is 119 Å². The lowest BCUT2D eigenvalue weighted by molar-refractivity contribution is -0.123.